The molecule has 1 saturated heterocycles. The van der Waals surface area contributed by atoms with Gasteiger partial charge in [-0.05, 0) is 37.1 Å². The Balaban J connectivity index is 2.45. The van der Waals surface area contributed by atoms with Crippen molar-refractivity contribution >= 4 is 21.9 Å². The van der Waals surface area contributed by atoms with E-state index in [9.17, 15) is 9.90 Å². The highest BCUT2D eigenvalue weighted by Crippen LogP contribution is 2.32. The van der Waals surface area contributed by atoms with Gasteiger partial charge < -0.3 is 5.11 Å². The van der Waals surface area contributed by atoms with E-state index >= 15 is 0 Å². The lowest BCUT2D eigenvalue weighted by atomic mass is 9.88. The van der Waals surface area contributed by atoms with Gasteiger partial charge in [-0.15, -0.1) is 0 Å². The van der Waals surface area contributed by atoms with Crippen LogP contribution in [0, 0.1) is 0 Å². The van der Waals surface area contributed by atoms with Gasteiger partial charge in [0.25, 0.3) is 0 Å². The molecule has 80 valence electrons. The molecule has 1 aliphatic rings. The lowest BCUT2D eigenvalue weighted by Gasteiger charge is -2.25. The molecule has 1 heterocycles. The van der Waals surface area contributed by atoms with Crippen molar-refractivity contribution in [2.75, 3.05) is 6.54 Å². The molecule has 4 heteroatoms. The fourth-order valence-corrected chi connectivity index (χ4v) is 2.45. The lowest BCUT2D eigenvalue weighted by Crippen LogP contribution is -2.44. The molecule has 1 atom stereocenters. The van der Waals surface area contributed by atoms with Crippen LogP contribution < -0.4 is 5.32 Å². The molecule has 15 heavy (non-hydrogen) atoms. The van der Waals surface area contributed by atoms with E-state index in [1.165, 1.54) is 0 Å². The second-order valence-corrected chi connectivity index (χ2v) is 4.67. The maximum absolute atomic E-state index is 11.4. The van der Waals surface area contributed by atoms with Crippen molar-refractivity contribution in [1.82, 2.24) is 5.32 Å². The standard InChI is InChI=1S/C11H12BrNO2/c12-9-4-1-3-8(7-9)11(10(14)15)5-2-6-13-11/h1,3-4,7,13H,2,5-6H2,(H,14,15)/t11-/m1/s1. The third-order valence-electron chi connectivity index (χ3n) is 2.84. The highest BCUT2D eigenvalue weighted by Gasteiger charge is 2.42. The van der Waals surface area contributed by atoms with Crippen molar-refractivity contribution in [3.63, 3.8) is 0 Å². The number of hydrogen-bond donors (Lipinski definition) is 2. The predicted octanol–water partition coefficient (Wildman–Crippen LogP) is 2.11. The smallest absolute Gasteiger partial charge is 0.328 e. The van der Waals surface area contributed by atoms with Gasteiger partial charge in [-0.25, -0.2) is 4.79 Å². The topological polar surface area (TPSA) is 49.3 Å². The summed E-state index contributed by atoms with van der Waals surface area (Å²) in [5.74, 6) is -0.793. The van der Waals surface area contributed by atoms with Crippen LogP contribution in [0.2, 0.25) is 0 Å². The molecular formula is C11H12BrNO2. The van der Waals surface area contributed by atoms with Gasteiger partial charge in [-0.1, -0.05) is 28.1 Å². The number of carbonyl (C=O) groups is 1. The molecule has 2 N–H and O–H groups in total. The first-order valence-corrected chi connectivity index (χ1v) is 5.69. The molecule has 0 saturated carbocycles. The van der Waals surface area contributed by atoms with E-state index in [-0.39, 0.29) is 0 Å². The van der Waals surface area contributed by atoms with Crippen LogP contribution in [0.25, 0.3) is 0 Å². The zero-order valence-electron chi connectivity index (χ0n) is 8.16. The summed E-state index contributed by atoms with van der Waals surface area (Å²) in [6, 6.07) is 7.49. The second kappa shape index (κ2) is 3.94. The van der Waals surface area contributed by atoms with Crippen LogP contribution in [0.5, 0.6) is 0 Å². The second-order valence-electron chi connectivity index (χ2n) is 3.75. The quantitative estimate of drug-likeness (QED) is 0.865. The Labute approximate surface area is 96.6 Å². The maximum Gasteiger partial charge on any atom is 0.328 e. The van der Waals surface area contributed by atoms with Gasteiger partial charge in [0, 0.05) is 4.47 Å². The molecule has 0 radical (unpaired) electrons. The monoisotopic (exact) mass is 269 g/mol. The van der Waals surface area contributed by atoms with Crippen LogP contribution in [0.3, 0.4) is 0 Å². The van der Waals surface area contributed by atoms with Gasteiger partial charge in [0.1, 0.15) is 5.54 Å². The summed E-state index contributed by atoms with van der Waals surface area (Å²) in [7, 11) is 0. The summed E-state index contributed by atoms with van der Waals surface area (Å²) >= 11 is 3.36. The van der Waals surface area contributed by atoms with Gasteiger partial charge in [-0.3, -0.25) is 5.32 Å². The number of rotatable bonds is 2. The van der Waals surface area contributed by atoms with Crippen molar-refractivity contribution in [2.45, 2.75) is 18.4 Å². The first kappa shape index (κ1) is 10.6. The van der Waals surface area contributed by atoms with E-state index in [1.807, 2.05) is 24.3 Å². The van der Waals surface area contributed by atoms with Gasteiger partial charge >= 0.3 is 5.97 Å². The molecule has 0 bridgehead atoms. The number of nitrogens with one attached hydrogen (secondary N) is 1. The fourth-order valence-electron chi connectivity index (χ4n) is 2.05. The molecule has 1 aromatic rings. The van der Waals surface area contributed by atoms with E-state index in [0.717, 1.165) is 23.0 Å². The first-order valence-electron chi connectivity index (χ1n) is 4.90. The average molecular weight is 270 g/mol. The minimum Gasteiger partial charge on any atom is -0.480 e. The van der Waals surface area contributed by atoms with Crippen molar-refractivity contribution < 1.29 is 9.90 Å². The predicted molar refractivity (Wildman–Crippen MR) is 60.7 cm³/mol. The Morgan fingerprint density at radius 1 is 1.53 bits per heavy atom. The Kier molecular flexibility index (Phi) is 2.80. The molecule has 0 spiro atoms. The van der Waals surface area contributed by atoms with Crippen molar-refractivity contribution in [3.8, 4) is 0 Å². The Hall–Kier alpha value is -0.870. The average Bonchev–Trinajstić information content (AvgIpc) is 2.67. The summed E-state index contributed by atoms with van der Waals surface area (Å²) in [6.45, 7) is 0.763. The van der Waals surface area contributed by atoms with E-state index in [1.54, 1.807) is 0 Å². The molecule has 0 aromatic heterocycles. The Bertz CT molecular complexity index is 386. The van der Waals surface area contributed by atoms with Gasteiger partial charge in [0.2, 0.25) is 0 Å². The van der Waals surface area contributed by atoms with Gasteiger partial charge in [0.15, 0.2) is 0 Å². The third-order valence-corrected chi connectivity index (χ3v) is 3.33. The van der Waals surface area contributed by atoms with Crippen molar-refractivity contribution in [3.05, 3.63) is 34.3 Å². The van der Waals surface area contributed by atoms with E-state index in [0.29, 0.717) is 6.42 Å². The minimum absolute atomic E-state index is 0.652. The number of aliphatic carboxylic acids is 1. The SMILES string of the molecule is O=C(O)[C@]1(c2cccc(Br)c2)CCCN1. The van der Waals surface area contributed by atoms with Gasteiger partial charge in [-0.2, -0.15) is 0 Å². The first-order chi connectivity index (χ1) is 7.15. The van der Waals surface area contributed by atoms with E-state index in [4.69, 9.17) is 0 Å². The van der Waals surface area contributed by atoms with Crippen LogP contribution in [0.1, 0.15) is 18.4 Å². The zero-order chi connectivity index (χ0) is 10.9. The molecule has 2 rings (SSSR count). The molecule has 1 aliphatic heterocycles. The third kappa shape index (κ3) is 1.79. The fraction of sp³-hybridized carbons (Fsp3) is 0.364. The molecule has 0 aliphatic carbocycles. The zero-order valence-corrected chi connectivity index (χ0v) is 9.75. The normalized spacial score (nSPS) is 25.4. The van der Waals surface area contributed by atoms with Crippen LogP contribution in [-0.2, 0) is 10.3 Å². The van der Waals surface area contributed by atoms with Crippen LogP contribution in [0.4, 0.5) is 0 Å². The highest BCUT2D eigenvalue weighted by atomic mass is 79.9. The summed E-state index contributed by atoms with van der Waals surface area (Å²) < 4.78 is 0.911. The molecule has 1 fully saturated rings. The van der Waals surface area contributed by atoms with Crippen molar-refractivity contribution in [2.24, 2.45) is 0 Å². The number of benzene rings is 1. The summed E-state index contributed by atoms with van der Waals surface area (Å²) in [6.07, 6.45) is 1.55. The highest BCUT2D eigenvalue weighted by molar-refractivity contribution is 9.10. The largest absolute Gasteiger partial charge is 0.480 e. The summed E-state index contributed by atoms with van der Waals surface area (Å²) in [5.41, 5.74) is -0.0640. The summed E-state index contributed by atoms with van der Waals surface area (Å²) in [5, 5.41) is 12.4. The van der Waals surface area contributed by atoms with Crippen LogP contribution in [0.15, 0.2) is 28.7 Å². The number of carboxylic acids is 1. The number of carboxylic acid groups (broad SMARTS) is 1. The minimum atomic E-state index is -0.885. The molecule has 3 nitrogen and oxygen atoms in total. The number of hydrogen-bond acceptors (Lipinski definition) is 2. The summed E-state index contributed by atoms with van der Waals surface area (Å²) in [4.78, 5) is 11.4. The lowest BCUT2D eigenvalue weighted by molar-refractivity contribution is -0.144. The van der Waals surface area contributed by atoms with Crippen molar-refractivity contribution in [1.29, 1.82) is 0 Å². The van der Waals surface area contributed by atoms with Gasteiger partial charge in [0.05, 0.1) is 0 Å². The van der Waals surface area contributed by atoms with Crippen LogP contribution in [-0.4, -0.2) is 17.6 Å². The Morgan fingerprint density at radius 2 is 2.33 bits per heavy atom. The van der Waals surface area contributed by atoms with Crippen LogP contribution >= 0.6 is 15.9 Å². The van der Waals surface area contributed by atoms with E-state index in [2.05, 4.69) is 21.2 Å². The maximum atomic E-state index is 11.4. The number of halogens is 1. The molecule has 0 amide bonds. The molecule has 0 unspecified atom stereocenters. The van der Waals surface area contributed by atoms with E-state index < -0.39 is 11.5 Å². The molecule has 1 aromatic carbocycles. The molecular weight excluding hydrogens is 258 g/mol. The Morgan fingerprint density at radius 3 is 2.87 bits per heavy atom.